The number of halogens is 1. The van der Waals surface area contributed by atoms with E-state index in [0.29, 0.717) is 0 Å². The summed E-state index contributed by atoms with van der Waals surface area (Å²) >= 11 is 4.73. The third-order valence-corrected chi connectivity index (χ3v) is 7.27. The van der Waals surface area contributed by atoms with Crippen LogP contribution in [0, 0.1) is 4.64 Å². The minimum absolute atomic E-state index is 0.0553. The molecule has 1 aliphatic heterocycles. The van der Waals surface area contributed by atoms with Crippen molar-refractivity contribution in [3.05, 3.63) is 27.4 Å². The highest BCUT2D eigenvalue weighted by atomic mass is 32.1. The number of nitrogens with one attached hydrogen (secondary N) is 1. The van der Waals surface area contributed by atoms with Gasteiger partial charge in [-0.15, -0.1) is 0 Å². The molecule has 6 N–H and O–H groups in total. The molecule has 0 aliphatic carbocycles. The molecule has 3 unspecified atom stereocenters. The lowest BCUT2D eigenvalue weighted by Gasteiger charge is -2.18. The van der Waals surface area contributed by atoms with Crippen LogP contribution in [0.2, 0.25) is 0 Å². The molecule has 0 bridgehead atoms. The highest BCUT2D eigenvalue weighted by molar-refractivity contribution is 7.71. The van der Waals surface area contributed by atoms with Crippen molar-refractivity contribution in [1.82, 2.24) is 9.55 Å². The van der Waals surface area contributed by atoms with E-state index >= 15 is 0 Å². The van der Waals surface area contributed by atoms with Crippen molar-refractivity contribution in [3.63, 3.8) is 0 Å². The van der Waals surface area contributed by atoms with Gasteiger partial charge in [-0.3, -0.25) is 14.1 Å². The zero-order valence-electron chi connectivity index (χ0n) is 13.7. The Labute approximate surface area is 165 Å². The molecule has 0 aromatic carbocycles. The Morgan fingerprint density at radius 1 is 1.21 bits per heavy atom. The van der Waals surface area contributed by atoms with E-state index in [2.05, 4.69) is 18.1 Å². The number of aliphatic hydroxyl groups is 1. The summed E-state index contributed by atoms with van der Waals surface area (Å²) in [5.74, 6) is 0. The number of ether oxygens (including phenoxy) is 1. The molecule has 20 heteroatoms. The van der Waals surface area contributed by atoms with Crippen LogP contribution in [-0.2, 0) is 31.6 Å². The second kappa shape index (κ2) is 8.85. The topological polar surface area (TPSA) is 227 Å². The van der Waals surface area contributed by atoms with E-state index in [4.69, 9.17) is 31.6 Å². The molecule has 0 radical (unpaired) electrons. The molecule has 1 aromatic rings. The number of aromatic amines is 1. The first-order chi connectivity index (χ1) is 13.1. The van der Waals surface area contributed by atoms with Gasteiger partial charge in [-0.1, -0.05) is 12.2 Å². The molecular formula is C9H14FN2O13P3S. The Balaban J connectivity index is 2.06. The lowest BCUT2D eigenvalue weighted by Crippen LogP contribution is -2.34. The average molecular weight is 502 g/mol. The van der Waals surface area contributed by atoms with Crippen LogP contribution in [-0.4, -0.2) is 59.2 Å². The van der Waals surface area contributed by atoms with E-state index in [0.717, 1.165) is 10.8 Å². The quantitative estimate of drug-likeness (QED) is 0.201. The number of nitrogens with zero attached hydrogens (tertiary/aromatic N) is 1. The minimum Gasteiger partial charge on any atom is -0.385 e. The zero-order chi connectivity index (χ0) is 22.2. The van der Waals surface area contributed by atoms with Crippen LogP contribution in [0.15, 0.2) is 17.1 Å². The Morgan fingerprint density at radius 3 is 2.38 bits per heavy atom. The standard InChI is InChI=1S/C9H14FN2O13P3S/c10-6-4(3-22-27(18,19)25-28(20,21)24-26(15,16)17)23-8(7(6)13)12-2-1-5(29)11-9(12)14/h1-2,4,6-8,13H,3H2,(H,18,19)(H,20,21)(H,11,14,29)(H2,15,16,17)/t4-,6?,7+,8-/m1/s1. The first-order valence-corrected chi connectivity index (χ1v) is 12.1. The summed E-state index contributed by atoms with van der Waals surface area (Å²) in [5.41, 5.74) is -0.845. The van der Waals surface area contributed by atoms with Crippen molar-refractivity contribution >= 4 is 35.7 Å². The summed E-state index contributed by atoms with van der Waals surface area (Å²) in [4.78, 5) is 49.3. The summed E-state index contributed by atoms with van der Waals surface area (Å²) in [6, 6.07) is 1.25. The van der Waals surface area contributed by atoms with E-state index < -0.39 is 60.4 Å². The number of aromatic nitrogens is 2. The largest absolute Gasteiger partial charge is 0.490 e. The molecule has 15 nitrogen and oxygen atoms in total. The van der Waals surface area contributed by atoms with Crippen LogP contribution < -0.4 is 5.69 Å². The van der Waals surface area contributed by atoms with Gasteiger partial charge in [0.1, 0.15) is 16.8 Å². The van der Waals surface area contributed by atoms with Crippen LogP contribution in [0.1, 0.15) is 6.23 Å². The Hall–Kier alpha value is -0.640. The Bertz CT molecular complexity index is 1010. The molecule has 166 valence electrons. The second-order valence-corrected chi connectivity index (χ2v) is 10.3. The van der Waals surface area contributed by atoms with Crippen molar-refractivity contribution < 1.29 is 60.6 Å². The molecule has 0 saturated carbocycles. The van der Waals surface area contributed by atoms with Crippen LogP contribution in [0.4, 0.5) is 4.39 Å². The van der Waals surface area contributed by atoms with E-state index in [-0.39, 0.29) is 4.64 Å². The Morgan fingerprint density at radius 2 is 1.83 bits per heavy atom. The van der Waals surface area contributed by atoms with E-state index in [1.807, 2.05) is 0 Å². The predicted octanol–water partition coefficient (Wildman–Crippen LogP) is -0.154. The fourth-order valence-electron chi connectivity index (χ4n) is 2.17. The molecule has 2 rings (SSSR count). The fraction of sp³-hybridized carbons (Fsp3) is 0.556. The monoisotopic (exact) mass is 502 g/mol. The number of hydrogen-bond acceptors (Lipinski definition) is 10. The first-order valence-electron chi connectivity index (χ1n) is 7.18. The number of rotatable bonds is 8. The van der Waals surface area contributed by atoms with E-state index in [1.54, 1.807) is 0 Å². The number of alkyl halides is 1. The number of phosphoric ester groups is 1. The number of H-pyrrole nitrogens is 1. The summed E-state index contributed by atoms with van der Waals surface area (Å²) in [5, 5.41) is 9.91. The summed E-state index contributed by atoms with van der Waals surface area (Å²) in [6.45, 7) is -1.13. The number of phosphoric acid groups is 3. The zero-order valence-corrected chi connectivity index (χ0v) is 17.2. The van der Waals surface area contributed by atoms with Gasteiger partial charge in [0.05, 0.1) is 6.61 Å². The van der Waals surface area contributed by atoms with Crippen LogP contribution >= 0.6 is 35.7 Å². The fourth-order valence-corrected chi connectivity index (χ4v) is 5.35. The maximum absolute atomic E-state index is 14.2. The predicted molar refractivity (Wildman–Crippen MR) is 90.5 cm³/mol. The van der Waals surface area contributed by atoms with Gasteiger partial charge in [0.25, 0.3) is 0 Å². The first kappa shape index (κ1) is 24.6. The SMILES string of the molecule is O=c1[nH]c(=S)ccn1[C@@H]1O[C@H](COP(=O)(O)OP(=O)(O)OP(=O)(O)O)C(F)[C@@H]1O. The van der Waals surface area contributed by atoms with Crippen molar-refractivity contribution in [1.29, 1.82) is 0 Å². The summed E-state index contributed by atoms with van der Waals surface area (Å²) in [6.07, 6.45) is -6.35. The van der Waals surface area contributed by atoms with Crippen LogP contribution in [0.25, 0.3) is 0 Å². The minimum atomic E-state index is -5.74. The van der Waals surface area contributed by atoms with Crippen molar-refractivity contribution in [3.8, 4) is 0 Å². The maximum Gasteiger partial charge on any atom is 0.490 e. The molecule has 0 amide bonds. The lowest BCUT2D eigenvalue weighted by atomic mass is 10.1. The van der Waals surface area contributed by atoms with Crippen molar-refractivity contribution in [2.45, 2.75) is 24.6 Å². The summed E-state index contributed by atoms with van der Waals surface area (Å²) in [7, 11) is -16.8. The number of hydrogen-bond donors (Lipinski definition) is 6. The molecule has 1 saturated heterocycles. The normalized spacial score (nSPS) is 29.3. The molecule has 2 heterocycles. The highest BCUT2D eigenvalue weighted by Crippen LogP contribution is 2.66. The lowest BCUT2D eigenvalue weighted by molar-refractivity contribution is -0.0530. The number of aliphatic hydroxyl groups excluding tert-OH is 1. The van der Waals surface area contributed by atoms with Gasteiger partial charge in [0.2, 0.25) is 0 Å². The van der Waals surface area contributed by atoms with Gasteiger partial charge in [0.15, 0.2) is 12.4 Å². The third-order valence-electron chi connectivity index (χ3n) is 3.23. The van der Waals surface area contributed by atoms with Gasteiger partial charge in [-0.05, 0) is 6.07 Å². The van der Waals surface area contributed by atoms with Crippen LogP contribution in [0.5, 0.6) is 0 Å². The molecule has 1 aromatic heterocycles. The molecular weight excluding hydrogens is 488 g/mol. The molecule has 1 fully saturated rings. The van der Waals surface area contributed by atoms with Gasteiger partial charge < -0.3 is 29.4 Å². The second-order valence-electron chi connectivity index (χ2n) is 5.40. The van der Waals surface area contributed by atoms with Gasteiger partial charge in [-0.25, -0.2) is 22.9 Å². The molecule has 29 heavy (non-hydrogen) atoms. The molecule has 6 atom stereocenters. The van der Waals surface area contributed by atoms with Crippen molar-refractivity contribution in [2.75, 3.05) is 6.61 Å². The highest BCUT2D eigenvalue weighted by Gasteiger charge is 2.47. The average Bonchev–Trinajstić information content (AvgIpc) is 2.78. The van der Waals surface area contributed by atoms with Gasteiger partial charge >= 0.3 is 29.2 Å². The summed E-state index contributed by atoms with van der Waals surface area (Å²) < 4.78 is 64.7. The van der Waals surface area contributed by atoms with E-state index in [1.165, 1.54) is 6.07 Å². The molecule has 1 aliphatic rings. The third kappa shape index (κ3) is 6.94. The van der Waals surface area contributed by atoms with Crippen LogP contribution in [0.3, 0.4) is 0 Å². The van der Waals surface area contributed by atoms with Gasteiger partial charge in [-0.2, -0.15) is 8.62 Å². The maximum atomic E-state index is 14.2. The van der Waals surface area contributed by atoms with E-state index in [9.17, 15) is 32.9 Å². The van der Waals surface area contributed by atoms with Crippen molar-refractivity contribution in [2.24, 2.45) is 0 Å². The smallest absolute Gasteiger partial charge is 0.385 e. The Kier molecular flexibility index (Phi) is 7.51. The van der Waals surface area contributed by atoms with Gasteiger partial charge in [0, 0.05) is 6.20 Å². The molecule has 0 spiro atoms.